The lowest BCUT2D eigenvalue weighted by molar-refractivity contribution is -0.0235. The fourth-order valence-electron chi connectivity index (χ4n) is 4.99. The van der Waals surface area contributed by atoms with E-state index < -0.39 is 18.2 Å². The molecular formula is C24H26FN7O3. The average Bonchev–Trinajstić information content (AvgIpc) is 3.59. The number of alkyl halides is 1. The van der Waals surface area contributed by atoms with Crippen LogP contribution in [0.1, 0.15) is 54.7 Å². The number of carbonyl (C=O) groups excluding carboxylic acids is 1. The Hall–Kier alpha value is -3.60. The number of fused-ring (bicyclic) bond motifs is 3. The van der Waals surface area contributed by atoms with Gasteiger partial charge in [0, 0.05) is 30.2 Å². The summed E-state index contributed by atoms with van der Waals surface area (Å²) in [5.41, 5.74) is 2.06. The molecule has 7 rings (SSSR count). The summed E-state index contributed by atoms with van der Waals surface area (Å²) >= 11 is 0. The average molecular weight is 480 g/mol. The molecule has 4 aromatic rings. The zero-order valence-corrected chi connectivity index (χ0v) is 19.8. The molecule has 1 amide bonds. The molecule has 3 fully saturated rings. The number of imidazole rings is 1. The summed E-state index contributed by atoms with van der Waals surface area (Å²) in [5, 5.41) is 7.16. The Labute approximate surface area is 200 Å². The van der Waals surface area contributed by atoms with Crippen LogP contribution < -0.4 is 10.1 Å². The van der Waals surface area contributed by atoms with Crippen LogP contribution in [0.15, 0.2) is 31.0 Å². The van der Waals surface area contributed by atoms with E-state index in [4.69, 9.17) is 14.5 Å². The van der Waals surface area contributed by atoms with Crippen molar-refractivity contribution in [3.63, 3.8) is 0 Å². The van der Waals surface area contributed by atoms with Gasteiger partial charge in [0.2, 0.25) is 11.7 Å². The van der Waals surface area contributed by atoms with Gasteiger partial charge in [0.25, 0.3) is 5.91 Å². The minimum Gasteiger partial charge on any atom is -0.474 e. The van der Waals surface area contributed by atoms with Crippen LogP contribution in [0, 0.1) is 6.92 Å². The quantitative estimate of drug-likeness (QED) is 0.433. The second kappa shape index (κ2) is 7.70. The van der Waals surface area contributed by atoms with Gasteiger partial charge in [0.05, 0.1) is 30.2 Å². The molecule has 3 aliphatic rings. The van der Waals surface area contributed by atoms with Crippen LogP contribution in [-0.2, 0) is 10.2 Å². The molecule has 11 heteroatoms. The number of aromatic nitrogens is 6. The van der Waals surface area contributed by atoms with Gasteiger partial charge >= 0.3 is 0 Å². The molecule has 35 heavy (non-hydrogen) atoms. The third-order valence-corrected chi connectivity index (χ3v) is 7.04. The van der Waals surface area contributed by atoms with Crippen LogP contribution in [-0.4, -0.2) is 59.9 Å². The highest BCUT2D eigenvalue weighted by Crippen LogP contribution is 2.58. The second-order valence-corrected chi connectivity index (χ2v) is 9.78. The van der Waals surface area contributed by atoms with E-state index in [1.165, 1.54) is 0 Å². The molecular weight excluding hydrogens is 453 g/mol. The molecule has 1 unspecified atom stereocenters. The van der Waals surface area contributed by atoms with Crippen LogP contribution >= 0.6 is 0 Å². The van der Waals surface area contributed by atoms with E-state index in [2.05, 4.69) is 20.4 Å². The smallest absolute Gasteiger partial charge is 0.262 e. The summed E-state index contributed by atoms with van der Waals surface area (Å²) in [7, 11) is 0. The minimum atomic E-state index is -0.667. The van der Waals surface area contributed by atoms with Gasteiger partial charge in [-0.1, -0.05) is 6.92 Å². The van der Waals surface area contributed by atoms with Crippen LogP contribution in [0.2, 0.25) is 0 Å². The fourth-order valence-corrected chi connectivity index (χ4v) is 4.99. The van der Waals surface area contributed by atoms with Crippen molar-refractivity contribution in [2.75, 3.05) is 18.6 Å². The predicted octanol–water partition coefficient (Wildman–Crippen LogP) is 3.28. The number of ether oxygens (including phenoxy) is 2. The fraction of sp³-hybridized carbons (Fsp3) is 0.458. The van der Waals surface area contributed by atoms with Gasteiger partial charge in [-0.05, 0) is 38.7 Å². The highest BCUT2D eigenvalue weighted by Gasteiger charge is 2.64. The Bertz CT molecular complexity index is 1460. The van der Waals surface area contributed by atoms with E-state index in [0.29, 0.717) is 36.6 Å². The number of aryl methyl sites for hydroxylation is 1. The number of nitrogens with zero attached hydrogens (tertiary/aromatic N) is 6. The maximum Gasteiger partial charge on any atom is 0.262 e. The number of hydrogen-bond donors (Lipinski definition) is 1. The molecule has 0 aromatic carbocycles. The van der Waals surface area contributed by atoms with E-state index in [9.17, 15) is 9.18 Å². The van der Waals surface area contributed by atoms with Crippen LogP contribution in [0.5, 0.6) is 5.88 Å². The topological polar surface area (TPSA) is 108 Å². The van der Waals surface area contributed by atoms with Gasteiger partial charge in [-0.3, -0.25) is 9.20 Å². The zero-order chi connectivity index (χ0) is 24.4. The van der Waals surface area contributed by atoms with Crippen LogP contribution in [0.25, 0.3) is 11.4 Å². The van der Waals surface area contributed by atoms with Gasteiger partial charge in [0.1, 0.15) is 17.9 Å². The van der Waals surface area contributed by atoms with E-state index in [1.54, 1.807) is 27.5 Å². The molecule has 1 N–H and O–H groups in total. The van der Waals surface area contributed by atoms with E-state index in [0.717, 1.165) is 17.7 Å². The Morgan fingerprint density at radius 1 is 1.29 bits per heavy atom. The highest BCUT2D eigenvalue weighted by atomic mass is 19.1. The third-order valence-electron chi connectivity index (χ3n) is 7.04. The number of rotatable bonds is 7. The molecule has 10 nitrogen and oxygen atoms in total. The van der Waals surface area contributed by atoms with E-state index in [-0.39, 0.29) is 23.0 Å². The second-order valence-electron chi connectivity index (χ2n) is 9.78. The molecule has 0 spiro atoms. The number of amides is 1. The normalized spacial score (nSPS) is 24.0. The van der Waals surface area contributed by atoms with Crippen molar-refractivity contribution in [2.45, 2.75) is 57.2 Å². The minimum absolute atomic E-state index is 0.147. The number of halogens is 1. The highest BCUT2D eigenvalue weighted by molar-refractivity contribution is 6.07. The summed E-state index contributed by atoms with van der Waals surface area (Å²) in [6.45, 7) is 5.78. The SMILES string of the molecule is CCC(C)Oc1nc2nc(C34COC(CF)(C3)C4)cn2cc1C(=O)Nc1cnn2cc(C)cnc12. The standard InChI is InChI=1S/C24H26FN7O3/c1-4-15(3)35-21-16(20(33)28-17-6-27-32-7-14(2)5-26-19(17)32)8-31-9-18(29-22(31)30-21)23-10-24(11-23,12-25)34-13-23/h5-9,15H,4,10-13H2,1-3H3,(H,28,33). The summed E-state index contributed by atoms with van der Waals surface area (Å²) in [4.78, 5) is 27.0. The van der Waals surface area contributed by atoms with Gasteiger partial charge < -0.3 is 14.8 Å². The Balaban J connectivity index is 1.36. The van der Waals surface area contributed by atoms with Crippen LogP contribution in [0.4, 0.5) is 10.1 Å². The van der Waals surface area contributed by atoms with Gasteiger partial charge in [0.15, 0.2) is 5.65 Å². The summed E-state index contributed by atoms with van der Waals surface area (Å²) < 4.78 is 28.5. The number of carbonyl (C=O) groups is 1. The Morgan fingerprint density at radius 2 is 2.11 bits per heavy atom. The predicted molar refractivity (Wildman–Crippen MR) is 125 cm³/mol. The number of nitrogens with one attached hydrogen (secondary N) is 1. The lowest BCUT2D eigenvalue weighted by atomic mass is 9.61. The van der Waals surface area contributed by atoms with Gasteiger partial charge in [-0.15, -0.1) is 0 Å². The van der Waals surface area contributed by atoms with E-state index >= 15 is 0 Å². The van der Waals surface area contributed by atoms with E-state index in [1.807, 2.05) is 33.2 Å². The number of hydrogen-bond acceptors (Lipinski definition) is 7. The van der Waals surface area contributed by atoms with Crippen molar-refractivity contribution >= 4 is 23.0 Å². The summed E-state index contributed by atoms with van der Waals surface area (Å²) in [6, 6.07) is 0. The number of anilines is 1. The van der Waals surface area contributed by atoms with Crippen molar-refractivity contribution < 1.29 is 18.7 Å². The monoisotopic (exact) mass is 479 g/mol. The first-order chi connectivity index (χ1) is 16.8. The Kier molecular flexibility index (Phi) is 4.82. The van der Waals surface area contributed by atoms with Crippen molar-refractivity contribution in [3.05, 3.63) is 47.8 Å². The molecule has 1 saturated carbocycles. The van der Waals surface area contributed by atoms with Crippen LogP contribution in [0.3, 0.4) is 0 Å². The molecule has 2 saturated heterocycles. The molecule has 6 heterocycles. The lowest BCUT2D eigenvalue weighted by Gasteiger charge is -2.41. The van der Waals surface area contributed by atoms with Gasteiger partial charge in [-0.25, -0.2) is 18.9 Å². The van der Waals surface area contributed by atoms with Crippen molar-refractivity contribution in [3.8, 4) is 5.88 Å². The van der Waals surface area contributed by atoms with Crippen molar-refractivity contribution in [1.29, 1.82) is 0 Å². The summed E-state index contributed by atoms with van der Waals surface area (Å²) in [6.07, 6.45) is 10.4. The Morgan fingerprint density at radius 3 is 2.86 bits per heavy atom. The molecule has 4 aromatic heterocycles. The molecule has 2 aliphatic heterocycles. The first-order valence-corrected chi connectivity index (χ1v) is 11.7. The molecule has 0 radical (unpaired) electrons. The molecule has 182 valence electrons. The summed E-state index contributed by atoms with van der Waals surface area (Å²) in [5.74, 6) is 0.225. The first kappa shape index (κ1) is 21.9. The first-order valence-electron chi connectivity index (χ1n) is 11.7. The van der Waals surface area contributed by atoms with Gasteiger partial charge in [-0.2, -0.15) is 10.1 Å². The lowest BCUT2D eigenvalue weighted by Crippen LogP contribution is -2.48. The van der Waals surface area contributed by atoms with Crippen molar-refractivity contribution in [2.24, 2.45) is 0 Å². The molecule has 1 aliphatic carbocycles. The van der Waals surface area contributed by atoms with Crippen molar-refractivity contribution in [1.82, 2.24) is 29.0 Å². The largest absolute Gasteiger partial charge is 0.474 e. The maximum absolute atomic E-state index is 13.4. The third kappa shape index (κ3) is 3.44. The zero-order valence-electron chi connectivity index (χ0n) is 19.8. The maximum atomic E-state index is 13.4. The molecule has 2 bridgehead atoms. The molecule has 1 atom stereocenters.